The fourth-order valence-electron chi connectivity index (χ4n) is 2.71. The molecule has 1 heterocycles. The molecule has 1 aromatic rings. The molecule has 0 unspecified atom stereocenters. The predicted octanol–water partition coefficient (Wildman–Crippen LogP) is 2.59. The molecule has 0 amide bonds. The Labute approximate surface area is 105 Å². The van der Waals surface area contributed by atoms with Gasteiger partial charge in [-0.15, -0.1) is 0 Å². The van der Waals surface area contributed by atoms with E-state index in [1.807, 2.05) is 0 Å². The van der Waals surface area contributed by atoms with Crippen LogP contribution in [0.1, 0.15) is 42.6 Å². The minimum absolute atomic E-state index is 0.928. The Kier molecular flexibility index (Phi) is 4.21. The molecule has 0 spiro atoms. The number of aryl methyl sites for hydroxylation is 1. The standard InChI is InChI=1S/C14H25N3/c1-11-12(2)16-17(13(11)3)9-8-15-10-14-6-4-5-7-14/h14-15H,4-10H2,1-3H3. The summed E-state index contributed by atoms with van der Waals surface area (Å²) in [6, 6.07) is 0. The van der Waals surface area contributed by atoms with E-state index < -0.39 is 0 Å². The highest BCUT2D eigenvalue weighted by atomic mass is 15.3. The minimum atomic E-state index is 0.928. The lowest BCUT2D eigenvalue weighted by molar-refractivity contribution is 0.464. The average molecular weight is 235 g/mol. The average Bonchev–Trinajstić information content (AvgIpc) is 2.90. The van der Waals surface area contributed by atoms with Crippen LogP contribution in [0.5, 0.6) is 0 Å². The number of aromatic nitrogens is 2. The zero-order chi connectivity index (χ0) is 12.3. The largest absolute Gasteiger partial charge is 0.315 e. The molecule has 1 N–H and O–H groups in total. The van der Waals surface area contributed by atoms with Gasteiger partial charge in [0.15, 0.2) is 0 Å². The Morgan fingerprint density at radius 1 is 1.24 bits per heavy atom. The Bertz CT molecular complexity index is 362. The highest BCUT2D eigenvalue weighted by molar-refractivity contribution is 5.22. The molecule has 1 aliphatic rings. The molecule has 96 valence electrons. The monoisotopic (exact) mass is 235 g/mol. The second-order valence-electron chi connectivity index (χ2n) is 5.37. The maximum absolute atomic E-state index is 4.56. The lowest BCUT2D eigenvalue weighted by Crippen LogP contribution is -2.25. The summed E-state index contributed by atoms with van der Waals surface area (Å²) in [6.45, 7) is 9.63. The first-order valence-corrected chi connectivity index (χ1v) is 6.90. The summed E-state index contributed by atoms with van der Waals surface area (Å²) < 4.78 is 2.13. The third kappa shape index (κ3) is 3.09. The Morgan fingerprint density at radius 2 is 1.94 bits per heavy atom. The predicted molar refractivity (Wildman–Crippen MR) is 71.3 cm³/mol. The van der Waals surface area contributed by atoms with E-state index in [1.54, 1.807) is 0 Å². The number of hydrogen-bond acceptors (Lipinski definition) is 2. The van der Waals surface area contributed by atoms with Crippen LogP contribution in [-0.2, 0) is 6.54 Å². The molecule has 0 aliphatic heterocycles. The van der Waals surface area contributed by atoms with Crippen molar-refractivity contribution in [1.29, 1.82) is 0 Å². The van der Waals surface area contributed by atoms with Gasteiger partial charge in [0.25, 0.3) is 0 Å². The lowest BCUT2D eigenvalue weighted by atomic mass is 10.1. The molecule has 0 radical (unpaired) electrons. The van der Waals surface area contributed by atoms with Crippen LogP contribution in [0.25, 0.3) is 0 Å². The van der Waals surface area contributed by atoms with E-state index in [0.29, 0.717) is 0 Å². The number of nitrogens with zero attached hydrogens (tertiary/aromatic N) is 2. The number of nitrogens with one attached hydrogen (secondary N) is 1. The van der Waals surface area contributed by atoms with Gasteiger partial charge in [-0.05, 0) is 51.6 Å². The van der Waals surface area contributed by atoms with E-state index >= 15 is 0 Å². The van der Waals surface area contributed by atoms with Crippen LogP contribution in [-0.4, -0.2) is 22.9 Å². The molecule has 17 heavy (non-hydrogen) atoms. The van der Waals surface area contributed by atoms with Crippen molar-refractivity contribution in [3.05, 3.63) is 17.0 Å². The van der Waals surface area contributed by atoms with Crippen LogP contribution in [0.2, 0.25) is 0 Å². The summed E-state index contributed by atoms with van der Waals surface area (Å²) in [5.74, 6) is 0.928. The van der Waals surface area contributed by atoms with Crippen LogP contribution in [0, 0.1) is 26.7 Å². The SMILES string of the molecule is Cc1nn(CCNCC2CCCC2)c(C)c1C. The van der Waals surface area contributed by atoms with Crippen LogP contribution < -0.4 is 5.32 Å². The molecule has 3 nitrogen and oxygen atoms in total. The smallest absolute Gasteiger partial charge is 0.0625 e. The molecule has 1 aliphatic carbocycles. The van der Waals surface area contributed by atoms with Gasteiger partial charge in [-0.3, -0.25) is 4.68 Å². The van der Waals surface area contributed by atoms with Crippen molar-refractivity contribution >= 4 is 0 Å². The molecule has 0 atom stereocenters. The topological polar surface area (TPSA) is 29.9 Å². The summed E-state index contributed by atoms with van der Waals surface area (Å²) >= 11 is 0. The summed E-state index contributed by atoms with van der Waals surface area (Å²) in [6.07, 6.45) is 5.71. The molecule has 1 fully saturated rings. The van der Waals surface area contributed by atoms with Crippen LogP contribution in [0.3, 0.4) is 0 Å². The van der Waals surface area contributed by atoms with Crippen molar-refractivity contribution in [2.75, 3.05) is 13.1 Å². The van der Waals surface area contributed by atoms with E-state index in [9.17, 15) is 0 Å². The molecule has 3 heteroatoms. The first-order chi connectivity index (χ1) is 8.18. The molecule has 0 aromatic carbocycles. The first kappa shape index (κ1) is 12.6. The van der Waals surface area contributed by atoms with Crippen molar-refractivity contribution < 1.29 is 0 Å². The maximum atomic E-state index is 4.56. The summed E-state index contributed by atoms with van der Waals surface area (Å²) in [5, 5.41) is 8.13. The van der Waals surface area contributed by atoms with E-state index in [4.69, 9.17) is 0 Å². The fourth-order valence-corrected chi connectivity index (χ4v) is 2.71. The Morgan fingerprint density at radius 3 is 2.53 bits per heavy atom. The van der Waals surface area contributed by atoms with Gasteiger partial charge in [-0.2, -0.15) is 5.10 Å². The van der Waals surface area contributed by atoms with Gasteiger partial charge in [0.2, 0.25) is 0 Å². The highest BCUT2D eigenvalue weighted by Crippen LogP contribution is 2.23. The summed E-state index contributed by atoms with van der Waals surface area (Å²) in [5.41, 5.74) is 3.81. The fraction of sp³-hybridized carbons (Fsp3) is 0.786. The second-order valence-corrected chi connectivity index (χ2v) is 5.37. The van der Waals surface area contributed by atoms with Crippen LogP contribution in [0.4, 0.5) is 0 Å². The van der Waals surface area contributed by atoms with E-state index in [2.05, 4.69) is 35.9 Å². The van der Waals surface area contributed by atoms with Crippen molar-refractivity contribution in [3.8, 4) is 0 Å². The Hall–Kier alpha value is -0.830. The quantitative estimate of drug-likeness (QED) is 0.795. The minimum Gasteiger partial charge on any atom is -0.315 e. The third-order valence-electron chi connectivity index (χ3n) is 4.15. The van der Waals surface area contributed by atoms with Crippen molar-refractivity contribution in [3.63, 3.8) is 0 Å². The molecular weight excluding hydrogens is 210 g/mol. The van der Waals surface area contributed by atoms with E-state index in [-0.39, 0.29) is 0 Å². The van der Waals surface area contributed by atoms with Gasteiger partial charge < -0.3 is 5.32 Å². The van der Waals surface area contributed by atoms with Gasteiger partial charge in [0, 0.05) is 12.2 Å². The van der Waals surface area contributed by atoms with Crippen LogP contribution in [0.15, 0.2) is 0 Å². The van der Waals surface area contributed by atoms with Gasteiger partial charge >= 0.3 is 0 Å². The Balaban J connectivity index is 1.72. The summed E-state index contributed by atoms with van der Waals surface area (Å²) in [7, 11) is 0. The first-order valence-electron chi connectivity index (χ1n) is 6.90. The molecule has 2 rings (SSSR count). The van der Waals surface area contributed by atoms with Crippen LogP contribution >= 0.6 is 0 Å². The van der Waals surface area contributed by atoms with Gasteiger partial charge in [-0.25, -0.2) is 0 Å². The zero-order valence-corrected chi connectivity index (χ0v) is 11.4. The highest BCUT2D eigenvalue weighted by Gasteiger charge is 2.14. The molecule has 0 bridgehead atoms. The molecule has 1 aromatic heterocycles. The van der Waals surface area contributed by atoms with Crippen molar-refractivity contribution in [2.45, 2.75) is 53.0 Å². The number of hydrogen-bond donors (Lipinski definition) is 1. The zero-order valence-electron chi connectivity index (χ0n) is 11.4. The lowest BCUT2D eigenvalue weighted by Gasteiger charge is -2.11. The molecule has 0 saturated heterocycles. The maximum Gasteiger partial charge on any atom is 0.0625 e. The van der Waals surface area contributed by atoms with Gasteiger partial charge in [0.05, 0.1) is 12.2 Å². The van der Waals surface area contributed by atoms with E-state index in [1.165, 1.54) is 49.2 Å². The third-order valence-corrected chi connectivity index (χ3v) is 4.15. The molecule has 1 saturated carbocycles. The summed E-state index contributed by atoms with van der Waals surface area (Å²) in [4.78, 5) is 0. The van der Waals surface area contributed by atoms with Gasteiger partial charge in [0.1, 0.15) is 0 Å². The molecular formula is C14H25N3. The van der Waals surface area contributed by atoms with Crippen molar-refractivity contribution in [1.82, 2.24) is 15.1 Å². The second kappa shape index (κ2) is 5.67. The van der Waals surface area contributed by atoms with E-state index in [0.717, 1.165) is 19.0 Å². The normalized spacial score (nSPS) is 16.9. The van der Waals surface area contributed by atoms with Crippen molar-refractivity contribution in [2.24, 2.45) is 5.92 Å². The van der Waals surface area contributed by atoms with Gasteiger partial charge in [-0.1, -0.05) is 12.8 Å². The number of rotatable bonds is 5.